The summed E-state index contributed by atoms with van der Waals surface area (Å²) in [7, 11) is 1.40. The molecule has 5 rings (SSSR count). The molecule has 1 aliphatic carbocycles. The molecule has 188 valence electrons. The van der Waals surface area contributed by atoms with E-state index >= 15 is 0 Å². The molecule has 0 radical (unpaired) electrons. The number of methoxy groups -OCH3 is 1. The van der Waals surface area contributed by atoms with Gasteiger partial charge < -0.3 is 14.4 Å². The Hall–Kier alpha value is -2.13. The third-order valence-corrected chi connectivity index (χ3v) is 8.92. The van der Waals surface area contributed by atoms with Gasteiger partial charge in [0.2, 0.25) is 0 Å². The highest BCUT2D eigenvalue weighted by Crippen LogP contribution is 2.38. The molecule has 2 aromatic rings. The first-order chi connectivity index (χ1) is 17.0. The molecule has 2 aliphatic heterocycles. The molecule has 9 heteroatoms. The molecule has 3 heterocycles. The summed E-state index contributed by atoms with van der Waals surface area (Å²) in [5, 5.41) is 1.16. The zero-order valence-corrected chi connectivity index (χ0v) is 21.7. The molecule has 1 amide bonds. The van der Waals surface area contributed by atoms with Crippen molar-refractivity contribution in [3.8, 4) is 5.06 Å². The lowest BCUT2D eigenvalue weighted by atomic mass is 10.0. The second-order valence-electron chi connectivity index (χ2n) is 9.51. The molecule has 1 saturated carbocycles. The molecule has 1 unspecified atom stereocenters. The van der Waals surface area contributed by atoms with Gasteiger partial charge in [0, 0.05) is 55.2 Å². The lowest BCUT2D eigenvalue weighted by Crippen LogP contribution is -2.52. The molecular formula is C26H32ClN3O4S. The van der Waals surface area contributed by atoms with E-state index in [4.69, 9.17) is 21.1 Å². The van der Waals surface area contributed by atoms with Crippen LogP contribution in [-0.2, 0) is 22.5 Å². The maximum atomic E-state index is 12.8. The Morgan fingerprint density at radius 1 is 1.09 bits per heavy atom. The molecule has 1 aromatic heterocycles. The average Bonchev–Trinajstić information content (AvgIpc) is 3.55. The largest absolute Gasteiger partial charge is 0.468 e. The van der Waals surface area contributed by atoms with E-state index in [1.165, 1.54) is 49.0 Å². The number of carbonyl (C=O) groups is 2. The fourth-order valence-corrected chi connectivity index (χ4v) is 6.81. The number of esters is 1. The number of halogens is 1. The number of benzene rings is 1. The highest BCUT2D eigenvalue weighted by atomic mass is 35.5. The standard InChI is InChI=1S/C26H32ClN3O4S/c1-33-25(31)24(20-8-4-5-9-21(20)27)30-11-10-22-18(17-30)16-23(35-22)34-26(32)29-14-12-28(13-15-29)19-6-2-3-7-19/h4-5,8-9,16,19,24H,2-3,6-7,10-15,17H2,1H3. The number of nitrogens with zero attached hydrogens (tertiary/aromatic N) is 3. The Morgan fingerprint density at radius 3 is 2.54 bits per heavy atom. The Labute approximate surface area is 215 Å². The van der Waals surface area contributed by atoms with E-state index in [2.05, 4.69) is 9.80 Å². The van der Waals surface area contributed by atoms with Gasteiger partial charge >= 0.3 is 12.1 Å². The van der Waals surface area contributed by atoms with E-state index in [9.17, 15) is 9.59 Å². The summed E-state index contributed by atoms with van der Waals surface area (Å²) in [6, 6.07) is 9.44. The Bertz CT molecular complexity index is 1060. The molecule has 3 aliphatic rings. The SMILES string of the molecule is COC(=O)C(c1ccccc1Cl)N1CCc2sc(OC(=O)N3CCN(C4CCCC4)CC3)cc2C1. The van der Waals surface area contributed by atoms with E-state index in [1.807, 2.05) is 29.2 Å². The quantitative estimate of drug-likeness (QED) is 0.534. The second-order valence-corrected chi connectivity index (χ2v) is 11.0. The maximum Gasteiger partial charge on any atom is 0.416 e. The van der Waals surface area contributed by atoms with Crippen LogP contribution in [0.25, 0.3) is 0 Å². The van der Waals surface area contributed by atoms with Crippen molar-refractivity contribution >= 4 is 35.0 Å². The maximum absolute atomic E-state index is 12.8. The Balaban J connectivity index is 1.22. The number of hydrogen-bond donors (Lipinski definition) is 0. The van der Waals surface area contributed by atoms with Gasteiger partial charge in [-0.2, -0.15) is 0 Å². The van der Waals surface area contributed by atoms with Crippen LogP contribution >= 0.6 is 22.9 Å². The summed E-state index contributed by atoms with van der Waals surface area (Å²) in [6.07, 6.45) is 5.73. The van der Waals surface area contributed by atoms with E-state index in [0.29, 0.717) is 42.3 Å². The molecule has 0 N–H and O–H groups in total. The van der Waals surface area contributed by atoms with Crippen LogP contribution in [-0.4, -0.2) is 72.6 Å². The molecule has 35 heavy (non-hydrogen) atoms. The zero-order valence-electron chi connectivity index (χ0n) is 20.1. The monoisotopic (exact) mass is 517 g/mol. The molecule has 1 aromatic carbocycles. The minimum atomic E-state index is -0.580. The molecule has 7 nitrogen and oxygen atoms in total. The minimum absolute atomic E-state index is 0.268. The average molecular weight is 518 g/mol. The number of amides is 1. The number of thiophene rings is 1. The van der Waals surface area contributed by atoms with Gasteiger partial charge in [-0.25, -0.2) is 9.59 Å². The molecule has 0 bridgehead atoms. The van der Waals surface area contributed by atoms with Gasteiger partial charge in [-0.15, -0.1) is 11.3 Å². The van der Waals surface area contributed by atoms with Crippen LogP contribution < -0.4 is 4.74 Å². The first-order valence-electron chi connectivity index (χ1n) is 12.4. The number of rotatable bonds is 5. The third-order valence-electron chi connectivity index (χ3n) is 7.46. The molecule has 2 fully saturated rings. The Morgan fingerprint density at radius 2 is 1.83 bits per heavy atom. The van der Waals surface area contributed by atoms with Crippen molar-refractivity contribution in [2.75, 3.05) is 39.8 Å². The lowest BCUT2D eigenvalue weighted by molar-refractivity contribution is -0.147. The normalized spacial score (nSPS) is 20.5. The summed E-state index contributed by atoms with van der Waals surface area (Å²) < 4.78 is 10.9. The minimum Gasteiger partial charge on any atom is -0.468 e. The predicted molar refractivity (Wildman–Crippen MR) is 136 cm³/mol. The van der Waals surface area contributed by atoms with Gasteiger partial charge in [0.25, 0.3) is 0 Å². The van der Waals surface area contributed by atoms with Crippen LogP contribution in [0, 0.1) is 0 Å². The summed E-state index contributed by atoms with van der Waals surface area (Å²) in [4.78, 5) is 33.2. The topological polar surface area (TPSA) is 62.3 Å². The number of fused-ring (bicyclic) bond motifs is 1. The van der Waals surface area contributed by atoms with Gasteiger partial charge in [0.15, 0.2) is 5.06 Å². The van der Waals surface area contributed by atoms with Crippen LogP contribution in [0.3, 0.4) is 0 Å². The molecule has 1 atom stereocenters. The molecule has 0 spiro atoms. The summed E-state index contributed by atoms with van der Waals surface area (Å²) in [5.41, 5.74) is 1.82. The van der Waals surface area contributed by atoms with Gasteiger partial charge in [0.05, 0.1) is 7.11 Å². The first-order valence-corrected chi connectivity index (χ1v) is 13.6. The van der Waals surface area contributed by atoms with Crippen LogP contribution in [0.2, 0.25) is 5.02 Å². The van der Waals surface area contributed by atoms with E-state index in [0.717, 1.165) is 30.6 Å². The molecule has 1 saturated heterocycles. The lowest BCUT2D eigenvalue weighted by Gasteiger charge is -2.37. The number of piperazine rings is 1. The first kappa shape index (κ1) is 24.6. The number of hydrogen-bond acceptors (Lipinski definition) is 7. The van der Waals surface area contributed by atoms with Gasteiger partial charge in [0.1, 0.15) is 6.04 Å². The van der Waals surface area contributed by atoms with Crippen LogP contribution in [0.5, 0.6) is 5.06 Å². The fourth-order valence-electron chi connectivity index (χ4n) is 5.57. The van der Waals surface area contributed by atoms with Crippen molar-refractivity contribution in [3.63, 3.8) is 0 Å². The van der Waals surface area contributed by atoms with E-state index in [-0.39, 0.29) is 12.1 Å². The summed E-state index contributed by atoms with van der Waals surface area (Å²) in [6.45, 7) is 4.53. The van der Waals surface area contributed by atoms with E-state index in [1.54, 1.807) is 6.07 Å². The zero-order chi connectivity index (χ0) is 24.4. The van der Waals surface area contributed by atoms with Gasteiger partial charge in [-0.05, 0) is 42.5 Å². The second kappa shape index (κ2) is 10.9. The van der Waals surface area contributed by atoms with Gasteiger partial charge in [-0.1, -0.05) is 42.6 Å². The smallest absolute Gasteiger partial charge is 0.416 e. The van der Waals surface area contributed by atoms with Crippen molar-refractivity contribution in [1.82, 2.24) is 14.7 Å². The summed E-state index contributed by atoms with van der Waals surface area (Å²) in [5.74, 6) is -0.333. The number of carbonyl (C=O) groups excluding carboxylic acids is 2. The van der Waals surface area contributed by atoms with Crippen LogP contribution in [0.15, 0.2) is 30.3 Å². The van der Waals surface area contributed by atoms with E-state index < -0.39 is 6.04 Å². The third kappa shape index (κ3) is 5.35. The van der Waals surface area contributed by atoms with Crippen LogP contribution in [0.4, 0.5) is 4.79 Å². The molecular weight excluding hydrogens is 486 g/mol. The van der Waals surface area contributed by atoms with Crippen molar-refractivity contribution in [2.24, 2.45) is 0 Å². The van der Waals surface area contributed by atoms with Crippen molar-refractivity contribution in [2.45, 2.75) is 50.7 Å². The highest BCUT2D eigenvalue weighted by Gasteiger charge is 2.34. The van der Waals surface area contributed by atoms with Gasteiger partial charge in [-0.3, -0.25) is 9.80 Å². The van der Waals surface area contributed by atoms with Crippen molar-refractivity contribution in [3.05, 3.63) is 51.4 Å². The number of ether oxygens (including phenoxy) is 2. The predicted octanol–water partition coefficient (Wildman–Crippen LogP) is 4.73. The van der Waals surface area contributed by atoms with Crippen molar-refractivity contribution < 1.29 is 19.1 Å². The highest BCUT2D eigenvalue weighted by molar-refractivity contribution is 7.14. The van der Waals surface area contributed by atoms with Crippen LogP contribution in [0.1, 0.15) is 47.7 Å². The van der Waals surface area contributed by atoms with Crippen molar-refractivity contribution in [1.29, 1.82) is 0 Å². The summed E-state index contributed by atoms with van der Waals surface area (Å²) >= 11 is 7.95. The fraction of sp³-hybridized carbons (Fsp3) is 0.538. The Kier molecular flexibility index (Phi) is 7.62.